The van der Waals surface area contributed by atoms with Crippen LogP contribution in [0.4, 0.5) is 5.69 Å². The normalized spacial score (nSPS) is 17.9. The van der Waals surface area contributed by atoms with E-state index in [1.807, 2.05) is 6.92 Å². The Balaban J connectivity index is 2.03. The van der Waals surface area contributed by atoms with Gasteiger partial charge in [0.2, 0.25) is 0 Å². The Bertz CT molecular complexity index is 456. The highest BCUT2D eigenvalue weighted by Gasteiger charge is 2.22. The lowest BCUT2D eigenvalue weighted by Gasteiger charge is -2.29. The third-order valence-electron chi connectivity index (χ3n) is 3.62. The highest BCUT2D eigenvalue weighted by molar-refractivity contribution is 5.89. The van der Waals surface area contributed by atoms with Crippen molar-refractivity contribution in [1.29, 1.82) is 0 Å². The third kappa shape index (κ3) is 3.38. The summed E-state index contributed by atoms with van der Waals surface area (Å²) in [5.74, 6) is 0.0977. The Morgan fingerprint density at radius 1 is 1.47 bits per heavy atom. The fourth-order valence-corrected chi connectivity index (χ4v) is 2.40. The molecule has 0 saturated carbocycles. The average molecular weight is 264 g/mol. The molecule has 1 saturated heterocycles. The summed E-state index contributed by atoms with van der Waals surface area (Å²) >= 11 is 0. The van der Waals surface area contributed by atoms with Crippen LogP contribution in [0.25, 0.3) is 0 Å². The SMILES string of the molecule is CC(Oc1ccc(C(=O)O)cc1N)C1CCNCC1. The molecule has 19 heavy (non-hydrogen) atoms. The van der Waals surface area contributed by atoms with E-state index in [0.717, 1.165) is 25.9 Å². The second-order valence-electron chi connectivity index (χ2n) is 4.97. The molecule has 5 heteroatoms. The molecule has 0 bridgehead atoms. The van der Waals surface area contributed by atoms with E-state index >= 15 is 0 Å². The highest BCUT2D eigenvalue weighted by Crippen LogP contribution is 2.27. The number of carboxylic acid groups (broad SMARTS) is 1. The molecule has 1 atom stereocenters. The van der Waals surface area contributed by atoms with E-state index in [9.17, 15) is 4.79 Å². The van der Waals surface area contributed by atoms with Crippen molar-refractivity contribution in [3.05, 3.63) is 23.8 Å². The van der Waals surface area contributed by atoms with Gasteiger partial charge in [-0.3, -0.25) is 0 Å². The van der Waals surface area contributed by atoms with Gasteiger partial charge in [0.1, 0.15) is 5.75 Å². The maximum absolute atomic E-state index is 10.8. The summed E-state index contributed by atoms with van der Waals surface area (Å²) in [6.07, 6.45) is 2.27. The molecule has 4 N–H and O–H groups in total. The lowest BCUT2D eigenvalue weighted by atomic mass is 9.93. The molecule has 1 aliphatic heterocycles. The van der Waals surface area contributed by atoms with E-state index in [2.05, 4.69) is 5.32 Å². The number of rotatable bonds is 4. The molecule has 1 fully saturated rings. The highest BCUT2D eigenvalue weighted by atomic mass is 16.5. The second-order valence-corrected chi connectivity index (χ2v) is 4.97. The van der Waals surface area contributed by atoms with Crippen molar-refractivity contribution in [2.75, 3.05) is 18.8 Å². The van der Waals surface area contributed by atoms with Gasteiger partial charge in [0.05, 0.1) is 17.4 Å². The van der Waals surface area contributed by atoms with E-state index in [1.165, 1.54) is 12.1 Å². The topological polar surface area (TPSA) is 84.6 Å². The summed E-state index contributed by atoms with van der Waals surface area (Å²) in [5.41, 5.74) is 6.39. The molecule has 2 rings (SSSR count). The van der Waals surface area contributed by atoms with Gasteiger partial charge in [0, 0.05) is 0 Å². The second kappa shape index (κ2) is 5.93. The smallest absolute Gasteiger partial charge is 0.335 e. The quantitative estimate of drug-likeness (QED) is 0.721. The molecule has 0 aliphatic carbocycles. The Hall–Kier alpha value is -1.75. The van der Waals surface area contributed by atoms with Crippen LogP contribution in [0.15, 0.2) is 18.2 Å². The van der Waals surface area contributed by atoms with E-state index < -0.39 is 5.97 Å². The first-order valence-corrected chi connectivity index (χ1v) is 6.58. The molecule has 0 radical (unpaired) electrons. The molecule has 5 nitrogen and oxygen atoms in total. The summed E-state index contributed by atoms with van der Waals surface area (Å²) in [6.45, 7) is 4.08. The number of nitrogens with two attached hydrogens (primary N) is 1. The standard InChI is InChI=1S/C14H20N2O3/c1-9(10-4-6-16-7-5-10)19-13-3-2-11(14(17)18)8-12(13)15/h2-3,8-10,16H,4-7,15H2,1H3,(H,17,18). The number of carbonyl (C=O) groups is 1. The minimum atomic E-state index is -0.982. The molecule has 0 spiro atoms. The van der Waals surface area contributed by atoms with Crippen molar-refractivity contribution in [2.45, 2.75) is 25.9 Å². The Morgan fingerprint density at radius 3 is 2.74 bits per heavy atom. The molecule has 1 aromatic rings. The van der Waals surface area contributed by atoms with Gasteiger partial charge in [-0.1, -0.05) is 0 Å². The van der Waals surface area contributed by atoms with Crippen molar-refractivity contribution in [3.63, 3.8) is 0 Å². The van der Waals surface area contributed by atoms with Gasteiger partial charge in [-0.15, -0.1) is 0 Å². The summed E-state index contributed by atoms with van der Waals surface area (Å²) in [4.78, 5) is 10.8. The summed E-state index contributed by atoms with van der Waals surface area (Å²) < 4.78 is 5.87. The van der Waals surface area contributed by atoms with Crippen molar-refractivity contribution in [3.8, 4) is 5.75 Å². The van der Waals surface area contributed by atoms with Crippen molar-refractivity contribution in [1.82, 2.24) is 5.32 Å². The van der Waals surface area contributed by atoms with Crippen LogP contribution < -0.4 is 15.8 Å². The van der Waals surface area contributed by atoms with Crippen LogP contribution in [0.3, 0.4) is 0 Å². The predicted molar refractivity (Wildman–Crippen MR) is 73.5 cm³/mol. The van der Waals surface area contributed by atoms with E-state index in [-0.39, 0.29) is 11.7 Å². The molecule has 1 heterocycles. The van der Waals surface area contributed by atoms with Crippen LogP contribution in [0.1, 0.15) is 30.1 Å². The van der Waals surface area contributed by atoms with Crippen LogP contribution in [0, 0.1) is 5.92 Å². The lowest BCUT2D eigenvalue weighted by molar-refractivity contribution is 0.0697. The van der Waals surface area contributed by atoms with Gasteiger partial charge in [-0.25, -0.2) is 4.79 Å². The number of piperidine rings is 1. The molecule has 1 aromatic carbocycles. The monoisotopic (exact) mass is 264 g/mol. The molecule has 1 aliphatic rings. The number of nitrogens with one attached hydrogen (secondary N) is 1. The average Bonchev–Trinajstić information content (AvgIpc) is 2.41. The number of carboxylic acids is 1. The van der Waals surface area contributed by atoms with Gasteiger partial charge >= 0.3 is 5.97 Å². The van der Waals surface area contributed by atoms with Gasteiger partial charge in [0.25, 0.3) is 0 Å². The third-order valence-corrected chi connectivity index (χ3v) is 3.62. The van der Waals surface area contributed by atoms with Crippen molar-refractivity contribution in [2.24, 2.45) is 5.92 Å². The zero-order chi connectivity index (χ0) is 13.8. The van der Waals surface area contributed by atoms with Gasteiger partial charge in [-0.2, -0.15) is 0 Å². The minimum Gasteiger partial charge on any atom is -0.488 e. The summed E-state index contributed by atoms with van der Waals surface area (Å²) in [6, 6.07) is 4.59. The fraction of sp³-hybridized carbons (Fsp3) is 0.500. The van der Waals surface area contributed by atoms with Crippen molar-refractivity contribution >= 4 is 11.7 Å². The first-order valence-electron chi connectivity index (χ1n) is 6.58. The number of hydrogen-bond donors (Lipinski definition) is 3. The predicted octanol–water partition coefficient (Wildman–Crippen LogP) is 1.73. The number of nitrogen functional groups attached to an aromatic ring is 1. The van der Waals surface area contributed by atoms with Crippen LogP contribution in [0.2, 0.25) is 0 Å². The van der Waals surface area contributed by atoms with Crippen LogP contribution >= 0.6 is 0 Å². The molecule has 0 aromatic heterocycles. The van der Waals surface area contributed by atoms with E-state index in [0.29, 0.717) is 17.4 Å². The molecular formula is C14H20N2O3. The van der Waals surface area contributed by atoms with E-state index in [4.69, 9.17) is 15.6 Å². The minimum absolute atomic E-state index is 0.0834. The molecule has 104 valence electrons. The van der Waals surface area contributed by atoms with Crippen molar-refractivity contribution < 1.29 is 14.6 Å². The molecule has 0 amide bonds. The number of anilines is 1. The number of ether oxygens (including phenoxy) is 1. The first kappa shape index (κ1) is 13.7. The zero-order valence-corrected chi connectivity index (χ0v) is 11.1. The molecular weight excluding hydrogens is 244 g/mol. The van der Waals surface area contributed by atoms with Gasteiger partial charge in [-0.05, 0) is 57.0 Å². The van der Waals surface area contributed by atoms with Gasteiger partial charge in [0.15, 0.2) is 0 Å². The molecule has 1 unspecified atom stereocenters. The number of benzene rings is 1. The maximum Gasteiger partial charge on any atom is 0.335 e. The number of hydrogen-bond acceptors (Lipinski definition) is 4. The Morgan fingerprint density at radius 2 is 2.16 bits per heavy atom. The van der Waals surface area contributed by atoms with Crippen LogP contribution in [0.5, 0.6) is 5.75 Å². The van der Waals surface area contributed by atoms with Gasteiger partial charge < -0.3 is 20.9 Å². The summed E-state index contributed by atoms with van der Waals surface area (Å²) in [5, 5.41) is 12.2. The van der Waals surface area contributed by atoms with E-state index in [1.54, 1.807) is 6.07 Å². The largest absolute Gasteiger partial charge is 0.488 e. The summed E-state index contributed by atoms with van der Waals surface area (Å²) in [7, 11) is 0. The lowest BCUT2D eigenvalue weighted by Crippen LogP contribution is -2.35. The Labute approximate surface area is 112 Å². The maximum atomic E-state index is 10.8. The van der Waals surface area contributed by atoms with Crippen LogP contribution in [-0.2, 0) is 0 Å². The first-order chi connectivity index (χ1) is 9.08. The fourth-order valence-electron chi connectivity index (χ4n) is 2.40. The number of aromatic carboxylic acids is 1. The van der Waals surface area contributed by atoms with Crippen LogP contribution in [-0.4, -0.2) is 30.3 Å². The Kier molecular flexibility index (Phi) is 4.27. The zero-order valence-electron chi connectivity index (χ0n) is 11.1.